The SMILES string of the molecule is Cn1cc(N2CCC[C@@H](Nc3ccc(Cl)c(C(N)=O)c3)C2=O)cn1. The van der Waals surface area contributed by atoms with Crippen molar-refractivity contribution in [1.82, 2.24) is 9.78 Å². The van der Waals surface area contributed by atoms with Gasteiger partial charge in [0.2, 0.25) is 11.8 Å². The number of aryl methyl sites for hydroxylation is 1. The maximum atomic E-state index is 12.7. The van der Waals surface area contributed by atoms with Gasteiger partial charge in [-0.1, -0.05) is 11.6 Å². The van der Waals surface area contributed by atoms with Gasteiger partial charge in [0.15, 0.2) is 0 Å². The van der Waals surface area contributed by atoms with Crippen molar-refractivity contribution in [3.8, 4) is 0 Å². The first kappa shape index (κ1) is 16.3. The van der Waals surface area contributed by atoms with Crippen LogP contribution in [0.1, 0.15) is 23.2 Å². The number of carbonyl (C=O) groups excluding carboxylic acids is 2. The number of nitrogens with zero attached hydrogens (tertiary/aromatic N) is 3. The molecule has 1 aromatic heterocycles. The Morgan fingerprint density at radius 1 is 1.46 bits per heavy atom. The number of hydrogen-bond donors (Lipinski definition) is 2. The second kappa shape index (κ2) is 6.52. The van der Waals surface area contributed by atoms with Crippen molar-refractivity contribution in [2.24, 2.45) is 12.8 Å². The minimum absolute atomic E-state index is 0.0233. The molecule has 1 aromatic carbocycles. The molecule has 1 atom stereocenters. The summed E-state index contributed by atoms with van der Waals surface area (Å²) in [4.78, 5) is 25.9. The number of primary amides is 1. The van der Waals surface area contributed by atoms with E-state index < -0.39 is 5.91 Å². The lowest BCUT2D eigenvalue weighted by Crippen LogP contribution is -2.47. The quantitative estimate of drug-likeness (QED) is 0.881. The number of nitrogens with two attached hydrogens (primary N) is 1. The molecule has 0 aliphatic carbocycles. The van der Waals surface area contributed by atoms with Gasteiger partial charge in [0.25, 0.3) is 0 Å². The first-order valence-electron chi connectivity index (χ1n) is 7.61. The molecule has 8 heteroatoms. The summed E-state index contributed by atoms with van der Waals surface area (Å²) in [7, 11) is 1.81. The highest BCUT2D eigenvalue weighted by Crippen LogP contribution is 2.25. The molecular formula is C16H18ClN5O2. The largest absolute Gasteiger partial charge is 0.374 e. The number of halogens is 1. The molecule has 2 amide bonds. The van der Waals surface area contributed by atoms with E-state index in [-0.39, 0.29) is 17.5 Å². The highest BCUT2D eigenvalue weighted by atomic mass is 35.5. The number of nitrogens with one attached hydrogen (secondary N) is 1. The number of hydrogen-bond acceptors (Lipinski definition) is 4. The fourth-order valence-electron chi connectivity index (χ4n) is 2.82. The Morgan fingerprint density at radius 2 is 2.25 bits per heavy atom. The van der Waals surface area contributed by atoms with Crippen molar-refractivity contribution in [1.29, 1.82) is 0 Å². The highest BCUT2D eigenvalue weighted by molar-refractivity contribution is 6.33. The van der Waals surface area contributed by atoms with Crippen molar-refractivity contribution >= 4 is 34.8 Å². The smallest absolute Gasteiger partial charge is 0.250 e. The molecule has 2 aromatic rings. The average Bonchev–Trinajstić information content (AvgIpc) is 2.97. The fourth-order valence-corrected chi connectivity index (χ4v) is 3.03. The summed E-state index contributed by atoms with van der Waals surface area (Å²) >= 11 is 5.96. The van der Waals surface area contributed by atoms with E-state index in [1.807, 2.05) is 13.2 Å². The second-order valence-electron chi connectivity index (χ2n) is 5.76. The van der Waals surface area contributed by atoms with Crippen molar-refractivity contribution < 1.29 is 9.59 Å². The van der Waals surface area contributed by atoms with Crippen LogP contribution in [0.5, 0.6) is 0 Å². The van der Waals surface area contributed by atoms with Crippen LogP contribution < -0.4 is 16.0 Å². The predicted molar refractivity (Wildman–Crippen MR) is 92.2 cm³/mol. The van der Waals surface area contributed by atoms with Crippen molar-refractivity contribution in [3.05, 3.63) is 41.2 Å². The molecule has 7 nitrogen and oxygen atoms in total. The Labute approximate surface area is 144 Å². The number of anilines is 2. The molecule has 1 aliphatic heterocycles. The predicted octanol–water partition coefficient (Wildman–Crippen LogP) is 1.78. The zero-order valence-electron chi connectivity index (χ0n) is 13.2. The zero-order chi connectivity index (χ0) is 17.3. The van der Waals surface area contributed by atoms with E-state index in [0.717, 1.165) is 12.1 Å². The number of rotatable bonds is 4. The molecule has 2 heterocycles. The Kier molecular flexibility index (Phi) is 4.44. The van der Waals surface area contributed by atoms with Crippen molar-refractivity contribution in [2.45, 2.75) is 18.9 Å². The summed E-state index contributed by atoms with van der Waals surface area (Å²) in [6.45, 7) is 0.663. The lowest BCUT2D eigenvalue weighted by atomic mass is 10.0. The summed E-state index contributed by atoms with van der Waals surface area (Å²) in [5.41, 5.74) is 6.96. The normalized spacial score (nSPS) is 17.8. The molecule has 3 N–H and O–H groups in total. The molecule has 0 unspecified atom stereocenters. The van der Waals surface area contributed by atoms with Gasteiger partial charge in [-0.3, -0.25) is 14.3 Å². The van der Waals surface area contributed by atoms with Crippen LogP contribution in [0, 0.1) is 0 Å². The van der Waals surface area contributed by atoms with Gasteiger partial charge >= 0.3 is 0 Å². The number of amides is 2. The van der Waals surface area contributed by atoms with Gasteiger partial charge in [0, 0.05) is 25.5 Å². The van der Waals surface area contributed by atoms with Gasteiger partial charge in [0.05, 0.1) is 22.5 Å². The molecule has 126 valence electrons. The molecule has 0 bridgehead atoms. The van der Waals surface area contributed by atoms with Gasteiger partial charge in [-0.2, -0.15) is 5.10 Å². The summed E-state index contributed by atoms with van der Waals surface area (Å²) in [5, 5.41) is 7.58. The number of benzene rings is 1. The molecule has 1 aliphatic rings. The minimum atomic E-state index is -0.601. The van der Waals surface area contributed by atoms with Gasteiger partial charge in [-0.05, 0) is 31.0 Å². The Morgan fingerprint density at radius 3 is 2.92 bits per heavy atom. The average molecular weight is 348 g/mol. The van der Waals surface area contributed by atoms with Crippen LogP contribution in [-0.4, -0.2) is 34.2 Å². The van der Waals surface area contributed by atoms with E-state index in [4.69, 9.17) is 17.3 Å². The van der Waals surface area contributed by atoms with E-state index in [0.29, 0.717) is 23.7 Å². The lowest BCUT2D eigenvalue weighted by molar-refractivity contribution is -0.120. The third-order valence-electron chi connectivity index (χ3n) is 4.01. The van der Waals surface area contributed by atoms with E-state index in [9.17, 15) is 9.59 Å². The molecule has 3 rings (SSSR count). The van der Waals surface area contributed by atoms with Gasteiger partial charge in [-0.15, -0.1) is 0 Å². The van der Waals surface area contributed by atoms with Crippen LogP contribution >= 0.6 is 11.6 Å². The minimum Gasteiger partial charge on any atom is -0.374 e. The Hall–Kier alpha value is -2.54. The molecule has 24 heavy (non-hydrogen) atoms. The van der Waals surface area contributed by atoms with Crippen LogP contribution in [0.15, 0.2) is 30.6 Å². The second-order valence-corrected chi connectivity index (χ2v) is 6.17. The molecule has 1 saturated heterocycles. The van der Waals surface area contributed by atoms with Gasteiger partial charge < -0.3 is 16.0 Å². The number of piperidine rings is 1. The number of aromatic nitrogens is 2. The third-order valence-corrected chi connectivity index (χ3v) is 4.34. The van der Waals surface area contributed by atoms with Crippen LogP contribution in [0.25, 0.3) is 0 Å². The zero-order valence-corrected chi connectivity index (χ0v) is 14.0. The highest BCUT2D eigenvalue weighted by Gasteiger charge is 2.30. The summed E-state index contributed by atoms with van der Waals surface area (Å²) in [5.74, 6) is -0.625. The molecule has 0 saturated carbocycles. The van der Waals surface area contributed by atoms with Crippen LogP contribution in [0.3, 0.4) is 0 Å². The maximum absolute atomic E-state index is 12.7. The van der Waals surface area contributed by atoms with E-state index in [1.165, 1.54) is 0 Å². The Bertz CT molecular complexity index is 789. The van der Waals surface area contributed by atoms with E-state index >= 15 is 0 Å². The molecule has 0 radical (unpaired) electrons. The monoisotopic (exact) mass is 347 g/mol. The summed E-state index contributed by atoms with van der Waals surface area (Å²) in [6, 6.07) is 4.52. The standard InChI is InChI=1S/C16H18ClN5O2/c1-21-9-11(8-19-21)22-6-2-3-14(16(22)24)20-10-4-5-13(17)12(7-10)15(18)23/h4-5,7-9,14,20H,2-3,6H2,1H3,(H2,18,23)/t14-/m1/s1. The third kappa shape index (κ3) is 3.21. The van der Waals surface area contributed by atoms with Gasteiger partial charge in [0.1, 0.15) is 6.04 Å². The lowest BCUT2D eigenvalue weighted by Gasteiger charge is -2.32. The molecule has 0 spiro atoms. The van der Waals surface area contributed by atoms with Gasteiger partial charge in [-0.25, -0.2) is 0 Å². The van der Waals surface area contributed by atoms with Crippen molar-refractivity contribution in [3.63, 3.8) is 0 Å². The summed E-state index contributed by atoms with van der Waals surface area (Å²) < 4.78 is 1.66. The first-order chi connectivity index (χ1) is 11.5. The molecule has 1 fully saturated rings. The fraction of sp³-hybridized carbons (Fsp3) is 0.312. The van der Waals surface area contributed by atoms with Crippen LogP contribution in [0.4, 0.5) is 11.4 Å². The topological polar surface area (TPSA) is 93.2 Å². The Balaban J connectivity index is 1.79. The van der Waals surface area contributed by atoms with Crippen molar-refractivity contribution in [2.75, 3.05) is 16.8 Å². The van der Waals surface area contributed by atoms with Crippen LogP contribution in [-0.2, 0) is 11.8 Å². The maximum Gasteiger partial charge on any atom is 0.250 e. The molecular weight excluding hydrogens is 330 g/mol. The van der Waals surface area contributed by atoms with E-state index in [1.54, 1.807) is 34.0 Å². The summed E-state index contributed by atoms with van der Waals surface area (Å²) in [6.07, 6.45) is 5.07. The van der Waals surface area contributed by atoms with Crippen LogP contribution in [0.2, 0.25) is 5.02 Å². The first-order valence-corrected chi connectivity index (χ1v) is 7.99. The number of carbonyl (C=O) groups is 2. The van der Waals surface area contributed by atoms with E-state index in [2.05, 4.69) is 10.4 Å².